The summed E-state index contributed by atoms with van der Waals surface area (Å²) >= 11 is 0. The van der Waals surface area contributed by atoms with Crippen LogP contribution in [0.5, 0.6) is 0 Å². The first kappa shape index (κ1) is 19.7. The number of aromatic nitrogens is 2. The molecule has 2 aliphatic heterocycles. The number of rotatable bonds is 3. The number of carbonyl (C=O) groups excluding carboxylic acids is 2. The zero-order valence-electron chi connectivity index (χ0n) is 17.6. The maximum Gasteiger partial charge on any atom is 0.289 e. The number of anilines is 1. The smallest absolute Gasteiger partial charge is 0.289 e. The van der Waals surface area contributed by atoms with Crippen molar-refractivity contribution in [1.82, 2.24) is 14.5 Å². The summed E-state index contributed by atoms with van der Waals surface area (Å²) < 4.78 is 1.99. The highest BCUT2D eigenvalue weighted by Crippen LogP contribution is 2.26. The normalized spacial score (nSPS) is 19.0. The fourth-order valence-electron chi connectivity index (χ4n) is 4.59. The van der Waals surface area contributed by atoms with Crippen molar-refractivity contribution in [3.8, 4) is 0 Å². The number of piperidine rings is 1. The maximum atomic E-state index is 13.2. The lowest BCUT2D eigenvalue weighted by atomic mass is 10.0. The van der Waals surface area contributed by atoms with Gasteiger partial charge in [-0.1, -0.05) is 25.1 Å². The van der Waals surface area contributed by atoms with Crippen LogP contribution >= 0.6 is 0 Å². The number of fused-ring (bicyclic) bond motifs is 1. The van der Waals surface area contributed by atoms with Crippen molar-refractivity contribution in [2.45, 2.75) is 59.4 Å². The second-order valence-corrected chi connectivity index (χ2v) is 8.56. The minimum atomic E-state index is -0.223. The number of nitrogens with zero attached hydrogens (tertiary/aromatic N) is 3. The highest BCUT2D eigenvalue weighted by Gasteiger charge is 2.31. The lowest BCUT2D eigenvalue weighted by Gasteiger charge is -2.31. The summed E-state index contributed by atoms with van der Waals surface area (Å²) in [4.78, 5) is 32.9. The minimum absolute atomic E-state index is 0.0363. The molecule has 1 N–H and O–H groups in total. The van der Waals surface area contributed by atoms with Crippen LogP contribution in [0.25, 0.3) is 0 Å². The summed E-state index contributed by atoms with van der Waals surface area (Å²) in [5, 5.41) is 3.04. The third-order valence-corrected chi connectivity index (χ3v) is 6.19. The van der Waals surface area contributed by atoms with Gasteiger partial charge in [0.15, 0.2) is 11.5 Å². The van der Waals surface area contributed by atoms with Crippen LogP contribution < -0.4 is 5.32 Å². The van der Waals surface area contributed by atoms with E-state index in [0.29, 0.717) is 17.4 Å². The Morgan fingerprint density at radius 2 is 1.86 bits per heavy atom. The van der Waals surface area contributed by atoms with Crippen molar-refractivity contribution in [2.24, 2.45) is 5.92 Å². The van der Waals surface area contributed by atoms with Gasteiger partial charge in [0, 0.05) is 25.3 Å². The molecule has 1 aromatic heterocycles. The number of hydrogen-bond acceptors (Lipinski definition) is 3. The van der Waals surface area contributed by atoms with Crippen molar-refractivity contribution in [1.29, 1.82) is 0 Å². The Morgan fingerprint density at radius 1 is 1.10 bits per heavy atom. The largest absolute Gasteiger partial charge is 0.336 e. The van der Waals surface area contributed by atoms with Crippen molar-refractivity contribution in [3.63, 3.8) is 0 Å². The zero-order valence-corrected chi connectivity index (χ0v) is 17.6. The Kier molecular flexibility index (Phi) is 5.43. The van der Waals surface area contributed by atoms with Crippen molar-refractivity contribution in [3.05, 3.63) is 46.5 Å². The first-order valence-corrected chi connectivity index (χ1v) is 10.7. The molecule has 1 fully saturated rings. The summed E-state index contributed by atoms with van der Waals surface area (Å²) in [5.41, 5.74) is 4.16. The number of para-hydroxylation sites is 1. The van der Waals surface area contributed by atoms with Crippen LogP contribution in [0.3, 0.4) is 0 Å². The van der Waals surface area contributed by atoms with Gasteiger partial charge in [0.1, 0.15) is 0 Å². The second-order valence-electron chi connectivity index (χ2n) is 8.56. The van der Waals surface area contributed by atoms with Crippen molar-refractivity contribution < 1.29 is 9.59 Å². The lowest BCUT2D eigenvalue weighted by Crippen LogP contribution is -2.40. The first-order valence-electron chi connectivity index (χ1n) is 10.7. The number of carbonyl (C=O) groups is 2. The van der Waals surface area contributed by atoms with Crippen LogP contribution in [-0.2, 0) is 13.0 Å². The van der Waals surface area contributed by atoms with Crippen molar-refractivity contribution >= 4 is 17.5 Å². The Balaban J connectivity index is 1.66. The molecule has 2 aliphatic rings. The molecule has 1 atom stereocenters. The van der Waals surface area contributed by atoms with Crippen LogP contribution in [0.4, 0.5) is 5.69 Å². The molecule has 1 aromatic carbocycles. The second kappa shape index (κ2) is 8.01. The predicted molar refractivity (Wildman–Crippen MR) is 113 cm³/mol. The van der Waals surface area contributed by atoms with Crippen LogP contribution in [0.1, 0.15) is 70.5 Å². The Bertz CT molecular complexity index is 926. The molecule has 6 nitrogen and oxygen atoms in total. The number of aryl methyl sites for hydroxylation is 2. The molecule has 2 aromatic rings. The van der Waals surface area contributed by atoms with Crippen LogP contribution in [0, 0.1) is 19.8 Å². The molecule has 0 bridgehead atoms. The predicted octanol–water partition coefficient (Wildman–Crippen LogP) is 3.96. The molecule has 6 heteroatoms. The summed E-state index contributed by atoms with van der Waals surface area (Å²) in [6, 6.07) is 5.95. The SMILES string of the molecule is Cc1cccc(C)c1NC(=O)c1nc(C(=O)N2CCCC(C)C2)n2c1CCCC2. The van der Waals surface area contributed by atoms with Gasteiger partial charge in [-0.15, -0.1) is 0 Å². The van der Waals surface area contributed by atoms with Gasteiger partial charge < -0.3 is 14.8 Å². The molecule has 0 saturated carbocycles. The molecule has 0 radical (unpaired) electrons. The standard InChI is InChI=1S/C23H30N4O2/c1-15-8-7-12-26(14-15)23(29)21-24-20(18-11-4-5-13-27(18)21)22(28)25-19-16(2)9-6-10-17(19)3/h6,9-10,15H,4-5,7-8,11-14H2,1-3H3,(H,25,28). The molecular formula is C23H30N4O2. The van der Waals surface area contributed by atoms with E-state index in [0.717, 1.165) is 74.2 Å². The summed E-state index contributed by atoms with van der Waals surface area (Å²) in [6.07, 6.45) is 5.00. The molecule has 0 spiro atoms. The van der Waals surface area contributed by atoms with Crippen LogP contribution in [0.2, 0.25) is 0 Å². The summed E-state index contributed by atoms with van der Waals surface area (Å²) in [7, 11) is 0. The Morgan fingerprint density at radius 3 is 2.59 bits per heavy atom. The van der Waals surface area contributed by atoms with Gasteiger partial charge in [-0.25, -0.2) is 4.98 Å². The molecule has 0 aliphatic carbocycles. The van der Waals surface area contributed by atoms with E-state index < -0.39 is 0 Å². The highest BCUT2D eigenvalue weighted by molar-refractivity contribution is 6.05. The Hall–Kier alpha value is -2.63. The highest BCUT2D eigenvalue weighted by atomic mass is 16.2. The van der Waals surface area contributed by atoms with Gasteiger partial charge in [-0.3, -0.25) is 9.59 Å². The van der Waals surface area contributed by atoms with Gasteiger partial charge >= 0.3 is 0 Å². The summed E-state index contributed by atoms with van der Waals surface area (Å²) in [6.45, 7) is 8.45. The maximum absolute atomic E-state index is 13.2. The number of nitrogens with one attached hydrogen (secondary N) is 1. The molecule has 1 saturated heterocycles. The molecule has 4 rings (SSSR count). The third-order valence-electron chi connectivity index (χ3n) is 6.19. The number of amides is 2. The van der Waals surface area contributed by atoms with Gasteiger partial charge in [-0.2, -0.15) is 0 Å². The number of imidazole rings is 1. The quantitative estimate of drug-likeness (QED) is 0.857. The summed E-state index contributed by atoms with van der Waals surface area (Å²) in [5.74, 6) is 0.681. The van der Waals surface area contributed by atoms with E-state index in [2.05, 4.69) is 17.2 Å². The molecule has 3 heterocycles. The average molecular weight is 395 g/mol. The van der Waals surface area contributed by atoms with E-state index in [1.54, 1.807) is 0 Å². The molecular weight excluding hydrogens is 364 g/mol. The van der Waals surface area contributed by atoms with Gasteiger partial charge in [0.2, 0.25) is 0 Å². The van der Waals surface area contributed by atoms with Crippen LogP contribution in [0.15, 0.2) is 18.2 Å². The van der Waals surface area contributed by atoms with E-state index in [1.807, 2.05) is 41.5 Å². The average Bonchev–Trinajstić information content (AvgIpc) is 3.10. The topological polar surface area (TPSA) is 67.2 Å². The van der Waals surface area contributed by atoms with Gasteiger partial charge in [0.05, 0.1) is 5.69 Å². The lowest BCUT2D eigenvalue weighted by molar-refractivity contribution is 0.0664. The van der Waals surface area contributed by atoms with E-state index in [-0.39, 0.29) is 11.8 Å². The molecule has 1 unspecified atom stereocenters. The van der Waals surface area contributed by atoms with E-state index in [4.69, 9.17) is 0 Å². The first-order chi connectivity index (χ1) is 14.0. The monoisotopic (exact) mass is 394 g/mol. The zero-order chi connectivity index (χ0) is 20.5. The number of benzene rings is 1. The van der Waals surface area contributed by atoms with E-state index >= 15 is 0 Å². The Labute approximate surface area is 172 Å². The third kappa shape index (κ3) is 3.80. The fraction of sp³-hybridized carbons (Fsp3) is 0.522. The van der Waals surface area contributed by atoms with Crippen molar-refractivity contribution in [2.75, 3.05) is 18.4 Å². The molecule has 2 amide bonds. The van der Waals surface area contributed by atoms with E-state index in [1.165, 1.54) is 0 Å². The van der Waals surface area contributed by atoms with Gasteiger partial charge in [-0.05, 0) is 63.0 Å². The molecule has 154 valence electrons. The fourth-order valence-corrected chi connectivity index (χ4v) is 4.59. The number of hydrogen-bond donors (Lipinski definition) is 1. The molecule has 29 heavy (non-hydrogen) atoms. The number of likely N-dealkylation sites (tertiary alicyclic amines) is 1. The minimum Gasteiger partial charge on any atom is -0.336 e. The van der Waals surface area contributed by atoms with Gasteiger partial charge in [0.25, 0.3) is 11.8 Å². The van der Waals surface area contributed by atoms with Crippen LogP contribution in [-0.4, -0.2) is 39.4 Å². The van der Waals surface area contributed by atoms with E-state index in [9.17, 15) is 9.59 Å².